The van der Waals surface area contributed by atoms with Gasteiger partial charge in [-0.1, -0.05) is 6.42 Å². The molecule has 5 nitrogen and oxygen atoms in total. The second-order valence-corrected chi connectivity index (χ2v) is 5.95. The Morgan fingerprint density at radius 3 is 2.58 bits per heavy atom. The lowest BCUT2D eigenvalue weighted by Gasteiger charge is -2.37. The van der Waals surface area contributed by atoms with Crippen molar-refractivity contribution in [2.24, 2.45) is 11.7 Å². The molecule has 2 N–H and O–H groups in total. The lowest BCUT2D eigenvalue weighted by Crippen LogP contribution is -2.52. The number of ether oxygens (including phenoxy) is 2. The Balaban J connectivity index is 1.59. The summed E-state index contributed by atoms with van der Waals surface area (Å²) in [5.41, 5.74) is 6.04. The Morgan fingerprint density at radius 1 is 1.05 bits per heavy atom. The van der Waals surface area contributed by atoms with Crippen LogP contribution < -0.4 is 5.73 Å². The maximum Gasteiger partial charge on any atom is 0.227 e. The second-order valence-electron chi connectivity index (χ2n) is 5.95. The number of carbonyl (C=O) groups excluding carboxylic acids is 1. The van der Waals surface area contributed by atoms with Crippen LogP contribution in [0.2, 0.25) is 0 Å². The van der Waals surface area contributed by atoms with Crippen LogP contribution in [0.1, 0.15) is 32.1 Å². The summed E-state index contributed by atoms with van der Waals surface area (Å²) in [6, 6.07) is 0.0523. The van der Waals surface area contributed by atoms with Gasteiger partial charge in [0.1, 0.15) is 6.10 Å². The van der Waals surface area contributed by atoms with Crippen molar-refractivity contribution in [2.75, 3.05) is 26.3 Å². The van der Waals surface area contributed by atoms with E-state index in [0.717, 1.165) is 38.7 Å². The third-order valence-corrected chi connectivity index (χ3v) is 4.67. The lowest BCUT2D eigenvalue weighted by atomic mass is 10.0. The smallest absolute Gasteiger partial charge is 0.227 e. The Hall–Kier alpha value is -0.650. The van der Waals surface area contributed by atoms with Crippen LogP contribution in [0.25, 0.3) is 0 Å². The molecule has 0 radical (unpaired) electrons. The maximum atomic E-state index is 12.5. The summed E-state index contributed by atoms with van der Waals surface area (Å²) < 4.78 is 11.5. The Kier molecular flexibility index (Phi) is 4.05. The molecule has 5 heteroatoms. The van der Waals surface area contributed by atoms with Gasteiger partial charge in [0, 0.05) is 25.7 Å². The van der Waals surface area contributed by atoms with Gasteiger partial charge in [0.25, 0.3) is 0 Å². The predicted molar refractivity (Wildman–Crippen MR) is 70.6 cm³/mol. The molecule has 3 fully saturated rings. The molecule has 1 saturated carbocycles. The molecule has 108 valence electrons. The molecule has 4 atom stereocenters. The van der Waals surface area contributed by atoms with Crippen LogP contribution in [0.4, 0.5) is 0 Å². The third-order valence-electron chi connectivity index (χ3n) is 4.67. The third kappa shape index (κ3) is 2.78. The van der Waals surface area contributed by atoms with E-state index in [4.69, 9.17) is 15.2 Å². The molecule has 1 amide bonds. The van der Waals surface area contributed by atoms with Crippen LogP contribution >= 0.6 is 0 Å². The standard InChI is InChI=1S/C14H24N2O3/c15-11-4-1-3-10(11)14(17)16-6-8-19-13(9-16)12-5-2-7-18-12/h10-13H,1-9,15H2/t10-,11+,12-,13-/m0/s1. The number of carbonyl (C=O) groups is 1. The van der Waals surface area contributed by atoms with Crippen molar-refractivity contribution >= 4 is 5.91 Å². The highest BCUT2D eigenvalue weighted by Crippen LogP contribution is 2.28. The molecular formula is C14H24N2O3. The molecule has 0 aromatic carbocycles. The molecular weight excluding hydrogens is 244 g/mol. The number of amides is 1. The fraction of sp³-hybridized carbons (Fsp3) is 0.929. The highest BCUT2D eigenvalue weighted by molar-refractivity contribution is 5.80. The number of morpholine rings is 1. The summed E-state index contributed by atoms with van der Waals surface area (Å²) in [7, 11) is 0. The van der Waals surface area contributed by atoms with Crippen LogP contribution in [-0.2, 0) is 14.3 Å². The summed E-state index contributed by atoms with van der Waals surface area (Å²) >= 11 is 0. The summed E-state index contributed by atoms with van der Waals surface area (Å²) in [5.74, 6) is 0.263. The number of hydrogen-bond acceptors (Lipinski definition) is 4. The van der Waals surface area contributed by atoms with E-state index in [9.17, 15) is 4.79 Å². The average Bonchev–Trinajstić information content (AvgIpc) is 3.09. The van der Waals surface area contributed by atoms with Crippen molar-refractivity contribution in [3.63, 3.8) is 0 Å². The normalized spacial score (nSPS) is 39.7. The number of rotatable bonds is 2. The number of hydrogen-bond donors (Lipinski definition) is 1. The van der Waals surface area contributed by atoms with Crippen LogP contribution in [0, 0.1) is 5.92 Å². The fourth-order valence-corrected chi connectivity index (χ4v) is 3.53. The van der Waals surface area contributed by atoms with E-state index in [-0.39, 0.29) is 30.1 Å². The Bertz CT molecular complexity index is 331. The SMILES string of the molecule is N[C@@H]1CCC[C@@H]1C(=O)N1CCO[C@H]([C@@H]2CCCO2)C1. The Labute approximate surface area is 114 Å². The minimum absolute atomic E-state index is 0.0308. The second kappa shape index (κ2) is 5.77. The average molecular weight is 268 g/mol. The number of nitrogens with zero attached hydrogens (tertiary/aromatic N) is 1. The number of nitrogens with two attached hydrogens (primary N) is 1. The van der Waals surface area contributed by atoms with Crippen LogP contribution in [0.5, 0.6) is 0 Å². The van der Waals surface area contributed by atoms with Gasteiger partial charge in [-0.25, -0.2) is 0 Å². The largest absolute Gasteiger partial charge is 0.375 e. The van der Waals surface area contributed by atoms with E-state index in [1.807, 2.05) is 4.90 Å². The van der Waals surface area contributed by atoms with E-state index in [0.29, 0.717) is 19.7 Å². The lowest BCUT2D eigenvalue weighted by molar-refractivity contribution is -0.149. The molecule has 1 aliphatic carbocycles. The molecule has 3 aliphatic rings. The minimum atomic E-state index is 0.0308. The first-order valence-corrected chi connectivity index (χ1v) is 7.53. The molecule has 0 bridgehead atoms. The van der Waals surface area contributed by atoms with Crippen molar-refractivity contribution in [3.8, 4) is 0 Å². The van der Waals surface area contributed by atoms with Gasteiger partial charge in [0.2, 0.25) is 5.91 Å². The topological polar surface area (TPSA) is 64.8 Å². The van der Waals surface area contributed by atoms with E-state index < -0.39 is 0 Å². The highest BCUT2D eigenvalue weighted by Gasteiger charge is 2.37. The summed E-state index contributed by atoms with van der Waals surface area (Å²) in [4.78, 5) is 14.5. The van der Waals surface area contributed by atoms with Crippen molar-refractivity contribution in [1.29, 1.82) is 0 Å². The molecule has 0 spiro atoms. The molecule has 0 unspecified atom stereocenters. The van der Waals surface area contributed by atoms with Crippen LogP contribution in [0.15, 0.2) is 0 Å². The van der Waals surface area contributed by atoms with E-state index in [1.165, 1.54) is 0 Å². The van der Waals surface area contributed by atoms with Gasteiger partial charge in [-0.2, -0.15) is 0 Å². The minimum Gasteiger partial charge on any atom is -0.375 e. The maximum absolute atomic E-state index is 12.5. The van der Waals surface area contributed by atoms with Gasteiger partial charge in [-0.05, 0) is 25.7 Å². The van der Waals surface area contributed by atoms with Crippen molar-refractivity contribution in [1.82, 2.24) is 4.90 Å². The molecule has 2 heterocycles. The van der Waals surface area contributed by atoms with Crippen molar-refractivity contribution < 1.29 is 14.3 Å². The van der Waals surface area contributed by atoms with E-state index >= 15 is 0 Å². The first-order valence-electron chi connectivity index (χ1n) is 7.53. The fourth-order valence-electron chi connectivity index (χ4n) is 3.53. The molecule has 19 heavy (non-hydrogen) atoms. The van der Waals surface area contributed by atoms with Gasteiger partial charge in [-0.3, -0.25) is 4.79 Å². The van der Waals surface area contributed by atoms with Gasteiger partial charge >= 0.3 is 0 Å². The van der Waals surface area contributed by atoms with Crippen LogP contribution in [0.3, 0.4) is 0 Å². The quantitative estimate of drug-likeness (QED) is 0.793. The predicted octanol–water partition coefficient (Wildman–Crippen LogP) is 0.520. The summed E-state index contributed by atoms with van der Waals surface area (Å²) in [6.45, 7) is 2.82. The molecule has 2 aliphatic heterocycles. The van der Waals surface area contributed by atoms with Gasteiger partial charge in [0.05, 0.1) is 18.6 Å². The van der Waals surface area contributed by atoms with Crippen LogP contribution in [-0.4, -0.2) is 55.4 Å². The summed E-state index contributed by atoms with van der Waals surface area (Å²) in [6.07, 6.45) is 5.39. The van der Waals surface area contributed by atoms with Gasteiger partial charge in [0.15, 0.2) is 0 Å². The zero-order chi connectivity index (χ0) is 13.2. The zero-order valence-corrected chi connectivity index (χ0v) is 11.4. The first kappa shape index (κ1) is 13.3. The monoisotopic (exact) mass is 268 g/mol. The molecule has 0 aromatic heterocycles. The van der Waals surface area contributed by atoms with Gasteiger partial charge < -0.3 is 20.1 Å². The van der Waals surface area contributed by atoms with Gasteiger partial charge in [-0.15, -0.1) is 0 Å². The zero-order valence-electron chi connectivity index (χ0n) is 11.4. The molecule has 3 rings (SSSR count). The Morgan fingerprint density at radius 2 is 1.89 bits per heavy atom. The van der Waals surface area contributed by atoms with E-state index in [1.54, 1.807) is 0 Å². The van der Waals surface area contributed by atoms with E-state index in [2.05, 4.69) is 0 Å². The summed E-state index contributed by atoms with van der Waals surface area (Å²) in [5, 5.41) is 0. The first-order chi connectivity index (χ1) is 9.25. The van der Waals surface area contributed by atoms with Crippen molar-refractivity contribution in [2.45, 2.75) is 50.4 Å². The molecule has 0 aromatic rings. The highest BCUT2D eigenvalue weighted by atomic mass is 16.5. The van der Waals surface area contributed by atoms with Crippen molar-refractivity contribution in [3.05, 3.63) is 0 Å². The molecule has 2 saturated heterocycles.